The lowest BCUT2D eigenvalue weighted by Gasteiger charge is -2.17. The van der Waals surface area contributed by atoms with Crippen LogP contribution in [0.2, 0.25) is 0 Å². The van der Waals surface area contributed by atoms with Gasteiger partial charge in [0, 0.05) is 0 Å². The van der Waals surface area contributed by atoms with E-state index in [1.165, 1.54) is 5.56 Å². The van der Waals surface area contributed by atoms with E-state index in [9.17, 15) is 0 Å². The SMILES string of the molecule is CCOc1cc(C)ccc1NC(C)c1ccc(C)o1. The Bertz CT molecular complexity index is 545. The predicted molar refractivity (Wildman–Crippen MR) is 77.8 cm³/mol. The Balaban J connectivity index is 2.18. The third kappa shape index (κ3) is 3.31. The standard InChI is InChI=1S/C16H21NO2/c1-5-18-16-10-11(2)6-8-14(16)17-13(4)15-9-7-12(3)19-15/h6-10,13,17H,5H2,1-4H3. The predicted octanol–water partition coefficient (Wildman–Crippen LogP) is 4.47. The van der Waals surface area contributed by atoms with Gasteiger partial charge < -0.3 is 14.5 Å². The van der Waals surface area contributed by atoms with E-state index in [2.05, 4.69) is 25.2 Å². The van der Waals surface area contributed by atoms with Gasteiger partial charge in [-0.3, -0.25) is 0 Å². The second-order valence-corrected chi connectivity index (χ2v) is 4.75. The number of anilines is 1. The van der Waals surface area contributed by atoms with Crippen molar-refractivity contribution in [1.82, 2.24) is 0 Å². The molecule has 0 bridgehead atoms. The summed E-state index contributed by atoms with van der Waals surface area (Å²) in [5, 5.41) is 3.43. The van der Waals surface area contributed by atoms with Crippen molar-refractivity contribution in [2.45, 2.75) is 33.7 Å². The minimum absolute atomic E-state index is 0.107. The Kier molecular flexibility index (Phi) is 4.15. The van der Waals surface area contributed by atoms with Crippen LogP contribution in [0.3, 0.4) is 0 Å². The molecule has 1 aromatic heterocycles. The summed E-state index contributed by atoms with van der Waals surface area (Å²) in [4.78, 5) is 0. The molecule has 3 nitrogen and oxygen atoms in total. The van der Waals surface area contributed by atoms with Crippen molar-refractivity contribution in [3.05, 3.63) is 47.4 Å². The third-order valence-corrected chi connectivity index (χ3v) is 3.00. The van der Waals surface area contributed by atoms with Crippen molar-refractivity contribution in [3.63, 3.8) is 0 Å². The fourth-order valence-corrected chi connectivity index (χ4v) is 2.01. The van der Waals surface area contributed by atoms with Crippen LogP contribution in [-0.2, 0) is 0 Å². The van der Waals surface area contributed by atoms with Gasteiger partial charge in [-0.15, -0.1) is 0 Å². The number of ether oxygens (including phenoxy) is 1. The summed E-state index contributed by atoms with van der Waals surface area (Å²) in [5.74, 6) is 2.75. The highest BCUT2D eigenvalue weighted by Gasteiger charge is 2.12. The van der Waals surface area contributed by atoms with E-state index in [1.807, 2.05) is 38.1 Å². The number of hydrogen-bond donors (Lipinski definition) is 1. The number of aryl methyl sites for hydroxylation is 2. The first kappa shape index (κ1) is 13.5. The minimum Gasteiger partial charge on any atom is -0.492 e. The molecule has 102 valence electrons. The van der Waals surface area contributed by atoms with Crippen molar-refractivity contribution in [1.29, 1.82) is 0 Å². The van der Waals surface area contributed by atoms with Crippen LogP contribution in [0.25, 0.3) is 0 Å². The van der Waals surface area contributed by atoms with Crippen LogP contribution in [0, 0.1) is 13.8 Å². The molecule has 19 heavy (non-hydrogen) atoms. The molecule has 0 aliphatic heterocycles. The van der Waals surface area contributed by atoms with Crippen molar-refractivity contribution in [2.24, 2.45) is 0 Å². The van der Waals surface area contributed by atoms with Gasteiger partial charge in [0.25, 0.3) is 0 Å². The van der Waals surface area contributed by atoms with Crippen LogP contribution in [0.5, 0.6) is 5.75 Å². The maximum atomic E-state index is 5.67. The van der Waals surface area contributed by atoms with E-state index in [0.29, 0.717) is 6.61 Å². The van der Waals surface area contributed by atoms with Crippen molar-refractivity contribution in [3.8, 4) is 5.75 Å². The van der Waals surface area contributed by atoms with E-state index in [1.54, 1.807) is 0 Å². The zero-order valence-electron chi connectivity index (χ0n) is 12.0. The van der Waals surface area contributed by atoms with E-state index in [4.69, 9.17) is 9.15 Å². The molecule has 0 fully saturated rings. The average Bonchev–Trinajstić information content (AvgIpc) is 2.80. The van der Waals surface area contributed by atoms with Crippen LogP contribution in [-0.4, -0.2) is 6.61 Å². The molecule has 3 heteroatoms. The normalized spacial score (nSPS) is 12.2. The van der Waals surface area contributed by atoms with Crippen LogP contribution in [0.1, 0.15) is 37.0 Å². The summed E-state index contributed by atoms with van der Waals surface area (Å²) >= 11 is 0. The maximum Gasteiger partial charge on any atom is 0.142 e. The van der Waals surface area contributed by atoms with Gasteiger partial charge in [-0.1, -0.05) is 6.07 Å². The maximum absolute atomic E-state index is 5.67. The highest BCUT2D eigenvalue weighted by Crippen LogP contribution is 2.29. The van der Waals surface area contributed by atoms with Gasteiger partial charge in [0.2, 0.25) is 0 Å². The van der Waals surface area contributed by atoms with Crippen LogP contribution < -0.4 is 10.1 Å². The molecule has 0 saturated carbocycles. The average molecular weight is 259 g/mol. The lowest BCUT2D eigenvalue weighted by Crippen LogP contribution is -2.07. The molecule has 0 radical (unpaired) electrons. The van der Waals surface area contributed by atoms with Gasteiger partial charge in [-0.2, -0.15) is 0 Å². The number of rotatable bonds is 5. The largest absolute Gasteiger partial charge is 0.492 e. The second kappa shape index (κ2) is 5.83. The highest BCUT2D eigenvalue weighted by molar-refractivity contribution is 5.58. The quantitative estimate of drug-likeness (QED) is 0.860. The van der Waals surface area contributed by atoms with E-state index in [0.717, 1.165) is 23.0 Å². The Morgan fingerprint density at radius 1 is 1.21 bits per heavy atom. The number of hydrogen-bond acceptors (Lipinski definition) is 3. The molecule has 0 aliphatic rings. The van der Waals surface area contributed by atoms with Crippen molar-refractivity contribution >= 4 is 5.69 Å². The summed E-state index contributed by atoms with van der Waals surface area (Å²) in [6, 6.07) is 10.3. The Morgan fingerprint density at radius 3 is 2.63 bits per heavy atom. The first-order valence-electron chi connectivity index (χ1n) is 6.66. The van der Waals surface area contributed by atoms with Gasteiger partial charge >= 0.3 is 0 Å². The first-order chi connectivity index (χ1) is 9.10. The molecule has 0 spiro atoms. The minimum atomic E-state index is 0.107. The molecule has 1 atom stereocenters. The second-order valence-electron chi connectivity index (χ2n) is 4.75. The van der Waals surface area contributed by atoms with Gasteiger partial charge in [0.1, 0.15) is 17.3 Å². The topological polar surface area (TPSA) is 34.4 Å². The van der Waals surface area contributed by atoms with Gasteiger partial charge in [-0.25, -0.2) is 0 Å². The molecule has 0 saturated heterocycles. The molecule has 2 aromatic rings. The van der Waals surface area contributed by atoms with Crippen molar-refractivity contribution in [2.75, 3.05) is 11.9 Å². The summed E-state index contributed by atoms with van der Waals surface area (Å²) in [6.45, 7) is 8.74. The number of benzene rings is 1. The number of nitrogens with one attached hydrogen (secondary N) is 1. The summed E-state index contributed by atoms with van der Waals surface area (Å²) in [5.41, 5.74) is 2.18. The Morgan fingerprint density at radius 2 is 2.00 bits per heavy atom. The Labute approximate surface area is 114 Å². The molecule has 2 rings (SSSR count). The summed E-state index contributed by atoms with van der Waals surface area (Å²) in [7, 11) is 0. The third-order valence-electron chi connectivity index (χ3n) is 3.00. The molecule has 1 heterocycles. The van der Waals surface area contributed by atoms with Crippen LogP contribution in [0.15, 0.2) is 34.7 Å². The molecule has 0 aliphatic carbocycles. The fourth-order valence-electron chi connectivity index (χ4n) is 2.01. The van der Waals surface area contributed by atoms with Crippen molar-refractivity contribution < 1.29 is 9.15 Å². The van der Waals surface area contributed by atoms with Gasteiger partial charge in [-0.05, 0) is 57.5 Å². The summed E-state index contributed by atoms with van der Waals surface area (Å²) < 4.78 is 11.3. The lowest BCUT2D eigenvalue weighted by atomic mass is 10.2. The zero-order chi connectivity index (χ0) is 13.8. The molecular formula is C16H21NO2. The molecular weight excluding hydrogens is 238 g/mol. The van der Waals surface area contributed by atoms with E-state index in [-0.39, 0.29) is 6.04 Å². The molecule has 0 amide bonds. The van der Waals surface area contributed by atoms with Crippen LogP contribution in [0.4, 0.5) is 5.69 Å². The first-order valence-corrected chi connectivity index (χ1v) is 6.66. The molecule has 1 unspecified atom stereocenters. The number of furan rings is 1. The monoisotopic (exact) mass is 259 g/mol. The fraction of sp³-hybridized carbons (Fsp3) is 0.375. The van der Waals surface area contributed by atoms with E-state index < -0.39 is 0 Å². The summed E-state index contributed by atoms with van der Waals surface area (Å²) in [6.07, 6.45) is 0. The van der Waals surface area contributed by atoms with E-state index >= 15 is 0 Å². The zero-order valence-corrected chi connectivity index (χ0v) is 12.0. The smallest absolute Gasteiger partial charge is 0.142 e. The molecule has 1 aromatic carbocycles. The van der Waals surface area contributed by atoms with Crippen LogP contribution >= 0.6 is 0 Å². The lowest BCUT2D eigenvalue weighted by molar-refractivity contribution is 0.341. The van der Waals surface area contributed by atoms with Gasteiger partial charge in [0.15, 0.2) is 0 Å². The highest BCUT2D eigenvalue weighted by atomic mass is 16.5. The molecule has 1 N–H and O–H groups in total. The Hall–Kier alpha value is -1.90. The van der Waals surface area contributed by atoms with Gasteiger partial charge in [0.05, 0.1) is 18.3 Å².